The normalized spacial score (nSPS) is 15.6. The summed E-state index contributed by atoms with van der Waals surface area (Å²) >= 11 is 0. The topological polar surface area (TPSA) is 70.2 Å². The second-order valence-corrected chi connectivity index (χ2v) is 4.68. The van der Waals surface area contributed by atoms with Crippen LogP contribution in [0.5, 0.6) is 0 Å². The molecule has 2 rings (SSSR count). The second kappa shape index (κ2) is 6.33. The summed E-state index contributed by atoms with van der Waals surface area (Å²) in [6.45, 7) is 0.119. The highest BCUT2D eigenvalue weighted by atomic mass is 16.2. The molecular formula is C14H19N3O2. The fraction of sp³-hybridized carbons (Fsp3) is 0.429. The number of nitrogens with one attached hydrogen (secondary N) is 3. The van der Waals surface area contributed by atoms with Gasteiger partial charge in [-0.2, -0.15) is 0 Å². The van der Waals surface area contributed by atoms with Gasteiger partial charge < -0.3 is 10.6 Å². The highest BCUT2D eigenvalue weighted by Crippen LogP contribution is 2.21. The number of hydrogen-bond donors (Lipinski definition) is 3. The van der Waals surface area contributed by atoms with Gasteiger partial charge in [0.2, 0.25) is 11.8 Å². The Hall–Kier alpha value is -1.88. The van der Waals surface area contributed by atoms with E-state index in [1.807, 2.05) is 30.3 Å². The van der Waals surface area contributed by atoms with Crippen LogP contribution >= 0.6 is 0 Å². The van der Waals surface area contributed by atoms with Crippen molar-refractivity contribution in [3.63, 3.8) is 0 Å². The van der Waals surface area contributed by atoms with E-state index in [1.54, 1.807) is 7.05 Å². The number of rotatable bonds is 6. The molecule has 1 aromatic rings. The minimum absolute atomic E-state index is 0.0717. The van der Waals surface area contributed by atoms with Crippen LogP contribution in [0.4, 0.5) is 0 Å². The number of hydrogen-bond acceptors (Lipinski definition) is 3. The van der Waals surface area contributed by atoms with E-state index >= 15 is 0 Å². The van der Waals surface area contributed by atoms with Crippen molar-refractivity contribution in [3.8, 4) is 0 Å². The number of amides is 2. The Kier molecular flexibility index (Phi) is 4.52. The summed E-state index contributed by atoms with van der Waals surface area (Å²) in [6, 6.07) is 9.25. The SMILES string of the molecule is CNC(=O)CN[C@@H](C(=O)NC1CC1)c1ccccc1. The van der Waals surface area contributed by atoms with E-state index in [1.165, 1.54) is 0 Å². The molecule has 0 saturated heterocycles. The minimum Gasteiger partial charge on any atom is -0.358 e. The van der Waals surface area contributed by atoms with Crippen LogP contribution in [-0.2, 0) is 9.59 Å². The molecule has 1 aromatic carbocycles. The first-order chi connectivity index (χ1) is 9.20. The third-order valence-electron chi connectivity index (χ3n) is 3.06. The van der Waals surface area contributed by atoms with Crippen molar-refractivity contribution >= 4 is 11.8 Å². The molecule has 0 spiro atoms. The Morgan fingerprint density at radius 2 is 1.95 bits per heavy atom. The van der Waals surface area contributed by atoms with Crippen LogP contribution < -0.4 is 16.0 Å². The molecule has 2 amide bonds. The lowest BCUT2D eigenvalue weighted by Gasteiger charge is -2.18. The molecule has 0 unspecified atom stereocenters. The van der Waals surface area contributed by atoms with Crippen LogP contribution in [0, 0.1) is 0 Å². The molecule has 1 aliphatic rings. The molecular weight excluding hydrogens is 242 g/mol. The molecule has 3 N–H and O–H groups in total. The van der Waals surface area contributed by atoms with Crippen molar-refractivity contribution in [2.75, 3.05) is 13.6 Å². The van der Waals surface area contributed by atoms with Crippen LogP contribution in [0.1, 0.15) is 24.4 Å². The zero-order chi connectivity index (χ0) is 13.7. The van der Waals surface area contributed by atoms with Crippen molar-refractivity contribution in [2.45, 2.75) is 24.9 Å². The lowest BCUT2D eigenvalue weighted by molar-refractivity contribution is -0.124. The lowest BCUT2D eigenvalue weighted by Crippen LogP contribution is -2.42. The molecule has 5 heteroatoms. The number of benzene rings is 1. The van der Waals surface area contributed by atoms with Crippen LogP contribution in [0.3, 0.4) is 0 Å². The molecule has 1 atom stereocenters. The van der Waals surface area contributed by atoms with E-state index in [-0.39, 0.29) is 18.4 Å². The first-order valence-corrected chi connectivity index (χ1v) is 6.50. The van der Waals surface area contributed by atoms with Crippen molar-refractivity contribution in [1.82, 2.24) is 16.0 Å². The zero-order valence-corrected chi connectivity index (χ0v) is 11.0. The Morgan fingerprint density at radius 3 is 2.53 bits per heavy atom. The van der Waals surface area contributed by atoms with E-state index in [9.17, 15) is 9.59 Å². The first kappa shape index (κ1) is 13.5. The molecule has 102 valence electrons. The molecule has 0 bridgehead atoms. The molecule has 1 aliphatic carbocycles. The maximum atomic E-state index is 12.2. The van der Waals surface area contributed by atoms with Gasteiger partial charge in [-0.15, -0.1) is 0 Å². The minimum atomic E-state index is -0.487. The van der Waals surface area contributed by atoms with Crippen molar-refractivity contribution in [3.05, 3.63) is 35.9 Å². The summed E-state index contributed by atoms with van der Waals surface area (Å²) in [5.74, 6) is -0.210. The van der Waals surface area contributed by atoms with Gasteiger partial charge in [-0.05, 0) is 18.4 Å². The fourth-order valence-corrected chi connectivity index (χ4v) is 1.80. The molecule has 0 radical (unpaired) electrons. The van der Waals surface area contributed by atoms with Crippen LogP contribution in [0.25, 0.3) is 0 Å². The second-order valence-electron chi connectivity index (χ2n) is 4.68. The van der Waals surface area contributed by atoms with Gasteiger partial charge in [0, 0.05) is 13.1 Å². The Bertz CT molecular complexity index is 443. The largest absolute Gasteiger partial charge is 0.358 e. The molecule has 0 aliphatic heterocycles. The highest BCUT2D eigenvalue weighted by Gasteiger charge is 2.28. The van der Waals surface area contributed by atoms with Gasteiger partial charge in [0.1, 0.15) is 6.04 Å². The van der Waals surface area contributed by atoms with Gasteiger partial charge >= 0.3 is 0 Å². The fourth-order valence-electron chi connectivity index (χ4n) is 1.80. The summed E-state index contributed by atoms with van der Waals surface area (Å²) in [5, 5.41) is 8.49. The molecule has 19 heavy (non-hydrogen) atoms. The molecule has 0 aromatic heterocycles. The Morgan fingerprint density at radius 1 is 1.26 bits per heavy atom. The van der Waals surface area contributed by atoms with E-state index in [0.717, 1.165) is 18.4 Å². The van der Waals surface area contributed by atoms with Gasteiger partial charge in [0.05, 0.1) is 6.54 Å². The summed E-state index contributed by atoms with van der Waals surface area (Å²) in [6.07, 6.45) is 2.09. The van der Waals surface area contributed by atoms with Crippen LogP contribution in [0.2, 0.25) is 0 Å². The average molecular weight is 261 g/mol. The maximum Gasteiger partial charge on any atom is 0.241 e. The van der Waals surface area contributed by atoms with E-state index in [2.05, 4.69) is 16.0 Å². The molecule has 1 saturated carbocycles. The van der Waals surface area contributed by atoms with Crippen LogP contribution in [-0.4, -0.2) is 31.4 Å². The van der Waals surface area contributed by atoms with Crippen molar-refractivity contribution < 1.29 is 9.59 Å². The van der Waals surface area contributed by atoms with E-state index < -0.39 is 6.04 Å². The van der Waals surface area contributed by atoms with Gasteiger partial charge in [-0.1, -0.05) is 30.3 Å². The predicted molar refractivity (Wildman–Crippen MR) is 72.4 cm³/mol. The third kappa shape index (κ3) is 4.06. The summed E-state index contributed by atoms with van der Waals surface area (Å²) < 4.78 is 0. The van der Waals surface area contributed by atoms with Gasteiger partial charge in [-0.25, -0.2) is 0 Å². The van der Waals surface area contributed by atoms with Gasteiger partial charge in [-0.3, -0.25) is 14.9 Å². The first-order valence-electron chi connectivity index (χ1n) is 6.50. The van der Waals surface area contributed by atoms with Crippen molar-refractivity contribution in [2.24, 2.45) is 0 Å². The summed E-state index contributed by atoms with van der Waals surface area (Å²) in [5.41, 5.74) is 0.865. The quantitative estimate of drug-likeness (QED) is 0.691. The average Bonchev–Trinajstić information content (AvgIpc) is 3.23. The van der Waals surface area contributed by atoms with Gasteiger partial charge in [0.15, 0.2) is 0 Å². The number of carbonyl (C=O) groups is 2. The molecule has 1 fully saturated rings. The van der Waals surface area contributed by atoms with Crippen molar-refractivity contribution in [1.29, 1.82) is 0 Å². The maximum absolute atomic E-state index is 12.2. The van der Waals surface area contributed by atoms with Crippen LogP contribution in [0.15, 0.2) is 30.3 Å². The molecule has 0 heterocycles. The Labute approximate surface area is 112 Å². The van der Waals surface area contributed by atoms with Gasteiger partial charge in [0.25, 0.3) is 0 Å². The number of likely N-dealkylation sites (N-methyl/N-ethyl adjacent to an activating group) is 1. The Balaban J connectivity index is 2.03. The zero-order valence-electron chi connectivity index (χ0n) is 11.0. The van der Waals surface area contributed by atoms with E-state index in [0.29, 0.717) is 6.04 Å². The molecule has 5 nitrogen and oxygen atoms in total. The monoisotopic (exact) mass is 261 g/mol. The highest BCUT2D eigenvalue weighted by molar-refractivity contribution is 5.85. The standard InChI is InChI=1S/C14H19N3O2/c1-15-12(18)9-16-13(10-5-3-2-4-6-10)14(19)17-11-7-8-11/h2-6,11,13,16H,7-9H2,1H3,(H,15,18)(H,17,19)/t13-/m1/s1. The number of carbonyl (C=O) groups excluding carboxylic acids is 2. The lowest BCUT2D eigenvalue weighted by atomic mass is 10.1. The summed E-state index contributed by atoms with van der Waals surface area (Å²) in [7, 11) is 1.58. The predicted octanol–water partition coefficient (Wildman–Crippen LogP) is 0.342. The third-order valence-corrected chi connectivity index (χ3v) is 3.06. The smallest absolute Gasteiger partial charge is 0.241 e. The summed E-state index contributed by atoms with van der Waals surface area (Å²) in [4.78, 5) is 23.5. The van der Waals surface area contributed by atoms with E-state index in [4.69, 9.17) is 0 Å².